The predicted molar refractivity (Wildman–Crippen MR) is 73.4 cm³/mol. The van der Waals surface area contributed by atoms with E-state index in [0.29, 0.717) is 0 Å². The first-order chi connectivity index (χ1) is 8.29. The number of anilines is 1. The Hall–Kier alpha value is -1.39. The van der Waals surface area contributed by atoms with Crippen LogP contribution in [0.5, 0.6) is 0 Å². The molecule has 0 radical (unpaired) electrons. The van der Waals surface area contributed by atoms with Crippen molar-refractivity contribution in [3.8, 4) is 0 Å². The second kappa shape index (κ2) is 5.80. The average Bonchev–Trinajstić information content (AvgIpc) is 2.83. The van der Waals surface area contributed by atoms with Gasteiger partial charge in [-0.3, -0.25) is 0 Å². The van der Waals surface area contributed by atoms with Crippen LogP contribution in [0.1, 0.15) is 11.1 Å². The maximum absolute atomic E-state index is 4.47. The average molecular weight is 247 g/mol. The third-order valence-corrected chi connectivity index (χ3v) is 3.31. The van der Waals surface area contributed by atoms with E-state index in [0.717, 1.165) is 18.9 Å². The molecular weight excluding hydrogens is 230 g/mol. The highest BCUT2D eigenvalue weighted by atomic mass is 32.1. The first kappa shape index (κ1) is 12.1. The van der Waals surface area contributed by atoms with Crippen LogP contribution in [0.2, 0.25) is 0 Å². The van der Waals surface area contributed by atoms with Gasteiger partial charge in [0.05, 0.1) is 0 Å². The van der Waals surface area contributed by atoms with Crippen molar-refractivity contribution in [2.75, 3.05) is 19.0 Å². The lowest BCUT2D eigenvalue weighted by atomic mass is 10.2. The number of hydrogen-bond acceptors (Lipinski definition) is 4. The molecule has 0 aromatic carbocycles. The van der Waals surface area contributed by atoms with E-state index in [9.17, 15) is 0 Å². The van der Waals surface area contributed by atoms with E-state index in [2.05, 4.69) is 51.2 Å². The number of rotatable bonds is 5. The van der Waals surface area contributed by atoms with Gasteiger partial charge in [-0.1, -0.05) is 6.07 Å². The Morgan fingerprint density at radius 2 is 2.18 bits per heavy atom. The Bertz CT molecular complexity index is 436. The minimum absolute atomic E-state index is 0.863. The normalized spacial score (nSPS) is 10.5. The fourth-order valence-electron chi connectivity index (χ4n) is 1.69. The summed E-state index contributed by atoms with van der Waals surface area (Å²) in [7, 11) is 4.01. The topological polar surface area (TPSA) is 28.2 Å². The molecule has 17 heavy (non-hydrogen) atoms. The summed E-state index contributed by atoms with van der Waals surface area (Å²) < 4.78 is 0. The van der Waals surface area contributed by atoms with Crippen LogP contribution in [-0.4, -0.2) is 19.1 Å². The van der Waals surface area contributed by atoms with E-state index in [1.165, 1.54) is 11.1 Å². The molecular formula is C13H17N3S. The Labute approximate surface area is 106 Å². The summed E-state index contributed by atoms with van der Waals surface area (Å²) in [4.78, 5) is 6.63. The van der Waals surface area contributed by atoms with E-state index in [1.807, 2.05) is 13.2 Å². The van der Waals surface area contributed by atoms with Gasteiger partial charge in [-0.15, -0.1) is 0 Å². The molecule has 0 aliphatic rings. The molecule has 0 saturated carbocycles. The summed E-state index contributed by atoms with van der Waals surface area (Å²) in [6.07, 6.45) is 1.93. The Morgan fingerprint density at radius 3 is 2.76 bits per heavy atom. The number of nitrogens with one attached hydrogen (secondary N) is 1. The summed E-state index contributed by atoms with van der Waals surface area (Å²) in [5.74, 6) is 1.01. The van der Waals surface area contributed by atoms with Crippen LogP contribution in [0.15, 0.2) is 35.2 Å². The zero-order valence-electron chi connectivity index (χ0n) is 10.2. The number of hydrogen-bond donors (Lipinski definition) is 1. The molecule has 0 aliphatic heterocycles. The van der Waals surface area contributed by atoms with E-state index in [-0.39, 0.29) is 0 Å². The minimum atomic E-state index is 0.863. The van der Waals surface area contributed by atoms with Gasteiger partial charge in [0.25, 0.3) is 0 Å². The molecule has 0 amide bonds. The van der Waals surface area contributed by atoms with Crippen LogP contribution < -0.4 is 10.2 Å². The molecule has 0 aliphatic carbocycles. The van der Waals surface area contributed by atoms with Gasteiger partial charge in [-0.25, -0.2) is 4.98 Å². The van der Waals surface area contributed by atoms with Gasteiger partial charge >= 0.3 is 0 Å². The Balaban J connectivity index is 2.01. The highest BCUT2D eigenvalue weighted by Gasteiger charge is 2.03. The zero-order valence-corrected chi connectivity index (χ0v) is 11.0. The number of nitrogens with zero attached hydrogens (tertiary/aromatic N) is 2. The van der Waals surface area contributed by atoms with E-state index in [4.69, 9.17) is 0 Å². The number of aromatic nitrogens is 1. The molecule has 0 fully saturated rings. The predicted octanol–water partition coefficient (Wildman–Crippen LogP) is 2.50. The van der Waals surface area contributed by atoms with Crippen molar-refractivity contribution >= 4 is 17.2 Å². The highest BCUT2D eigenvalue weighted by Crippen LogP contribution is 2.14. The minimum Gasteiger partial charge on any atom is -0.355 e. The number of thiophene rings is 1. The maximum atomic E-state index is 4.47. The molecule has 0 saturated heterocycles. The molecule has 90 valence electrons. The van der Waals surface area contributed by atoms with Crippen molar-refractivity contribution in [2.45, 2.75) is 13.1 Å². The molecule has 2 heterocycles. The molecule has 2 aromatic heterocycles. The summed E-state index contributed by atoms with van der Waals surface area (Å²) in [6.45, 7) is 1.77. The standard InChI is InChI=1S/C13H17N3S/c1-14-7-11-3-4-13(15-8-11)16(2)9-12-5-6-17-10-12/h3-6,8,10,14H,7,9H2,1-2H3. The third-order valence-electron chi connectivity index (χ3n) is 2.58. The summed E-state index contributed by atoms with van der Waals surface area (Å²) in [5.41, 5.74) is 2.54. The fraction of sp³-hybridized carbons (Fsp3) is 0.308. The van der Waals surface area contributed by atoms with Gasteiger partial charge in [0.1, 0.15) is 5.82 Å². The van der Waals surface area contributed by atoms with Crippen molar-refractivity contribution < 1.29 is 0 Å². The number of pyridine rings is 1. The van der Waals surface area contributed by atoms with Gasteiger partial charge in [0, 0.05) is 26.3 Å². The Kier molecular flexibility index (Phi) is 4.12. The maximum Gasteiger partial charge on any atom is 0.128 e. The van der Waals surface area contributed by atoms with Crippen LogP contribution in [0, 0.1) is 0 Å². The fourth-order valence-corrected chi connectivity index (χ4v) is 2.35. The lowest BCUT2D eigenvalue weighted by molar-refractivity contribution is 0.810. The highest BCUT2D eigenvalue weighted by molar-refractivity contribution is 7.07. The molecule has 0 unspecified atom stereocenters. The van der Waals surface area contributed by atoms with Crippen molar-refractivity contribution in [3.63, 3.8) is 0 Å². The summed E-state index contributed by atoms with van der Waals surface area (Å²) in [6, 6.07) is 6.33. The van der Waals surface area contributed by atoms with E-state index in [1.54, 1.807) is 11.3 Å². The quantitative estimate of drug-likeness (QED) is 0.880. The van der Waals surface area contributed by atoms with E-state index < -0.39 is 0 Å². The van der Waals surface area contributed by atoms with Crippen molar-refractivity contribution in [1.29, 1.82) is 0 Å². The molecule has 1 N–H and O–H groups in total. The van der Waals surface area contributed by atoms with Crippen LogP contribution in [-0.2, 0) is 13.1 Å². The molecule has 3 nitrogen and oxygen atoms in total. The molecule has 0 spiro atoms. The van der Waals surface area contributed by atoms with Crippen molar-refractivity contribution in [1.82, 2.24) is 10.3 Å². The summed E-state index contributed by atoms with van der Waals surface area (Å²) in [5, 5.41) is 7.39. The van der Waals surface area contributed by atoms with Crippen LogP contribution in [0.25, 0.3) is 0 Å². The second-order valence-electron chi connectivity index (χ2n) is 4.04. The monoisotopic (exact) mass is 247 g/mol. The zero-order chi connectivity index (χ0) is 12.1. The SMILES string of the molecule is CNCc1ccc(N(C)Cc2ccsc2)nc1. The van der Waals surface area contributed by atoms with Crippen molar-refractivity contribution in [3.05, 3.63) is 46.3 Å². The first-order valence-corrected chi connectivity index (χ1v) is 6.55. The first-order valence-electron chi connectivity index (χ1n) is 5.61. The molecule has 0 atom stereocenters. The van der Waals surface area contributed by atoms with Crippen LogP contribution in [0.3, 0.4) is 0 Å². The molecule has 0 bridgehead atoms. The van der Waals surface area contributed by atoms with Gasteiger partial charge in [0.15, 0.2) is 0 Å². The van der Waals surface area contributed by atoms with Gasteiger partial charge < -0.3 is 10.2 Å². The molecule has 2 rings (SSSR count). The summed E-state index contributed by atoms with van der Waals surface area (Å²) >= 11 is 1.73. The molecule has 4 heteroatoms. The lowest BCUT2D eigenvalue weighted by Gasteiger charge is -2.17. The van der Waals surface area contributed by atoms with Crippen LogP contribution in [0.4, 0.5) is 5.82 Å². The smallest absolute Gasteiger partial charge is 0.128 e. The van der Waals surface area contributed by atoms with Crippen molar-refractivity contribution in [2.24, 2.45) is 0 Å². The van der Waals surface area contributed by atoms with Gasteiger partial charge in [-0.2, -0.15) is 11.3 Å². The van der Waals surface area contributed by atoms with Crippen LogP contribution >= 0.6 is 11.3 Å². The largest absolute Gasteiger partial charge is 0.355 e. The molecule has 2 aromatic rings. The Morgan fingerprint density at radius 1 is 1.29 bits per heavy atom. The third kappa shape index (κ3) is 3.28. The van der Waals surface area contributed by atoms with E-state index >= 15 is 0 Å². The van der Waals surface area contributed by atoms with Gasteiger partial charge in [0.2, 0.25) is 0 Å². The lowest BCUT2D eigenvalue weighted by Crippen LogP contribution is -2.17. The second-order valence-corrected chi connectivity index (χ2v) is 4.82. The van der Waals surface area contributed by atoms with Gasteiger partial charge in [-0.05, 0) is 41.1 Å².